The van der Waals surface area contributed by atoms with Gasteiger partial charge >= 0.3 is 5.97 Å². The summed E-state index contributed by atoms with van der Waals surface area (Å²) >= 11 is 0. The van der Waals surface area contributed by atoms with Crippen LogP contribution in [0.5, 0.6) is 0 Å². The molecule has 0 unspecified atom stereocenters. The number of carboxylic acids is 1. The Morgan fingerprint density at radius 1 is 0.824 bits per heavy atom. The predicted molar refractivity (Wildman–Crippen MR) is 139 cm³/mol. The van der Waals surface area contributed by atoms with Gasteiger partial charge in [-0.25, -0.2) is 4.79 Å². The number of fused-ring (bicyclic) bond motifs is 1. The normalized spacial score (nSPS) is 16.3. The Balaban J connectivity index is 1.80. The van der Waals surface area contributed by atoms with Gasteiger partial charge in [0.05, 0.1) is 5.56 Å². The van der Waals surface area contributed by atoms with Gasteiger partial charge in [-0.15, -0.1) is 0 Å². The molecule has 0 aromatic heterocycles. The molecule has 1 N–H and O–H groups in total. The van der Waals surface area contributed by atoms with Crippen molar-refractivity contribution in [3.63, 3.8) is 0 Å². The minimum absolute atomic E-state index is 0.0169. The van der Waals surface area contributed by atoms with Crippen LogP contribution in [0.15, 0.2) is 66.7 Å². The molecule has 0 atom stereocenters. The summed E-state index contributed by atoms with van der Waals surface area (Å²) in [6.45, 7) is 11.2. The fourth-order valence-corrected chi connectivity index (χ4v) is 4.90. The lowest BCUT2D eigenvalue weighted by atomic mass is 9.61. The molecule has 0 aliphatic heterocycles. The summed E-state index contributed by atoms with van der Waals surface area (Å²) in [5.74, 6) is -1.02. The molecule has 0 heterocycles. The van der Waals surface area contributed by atoms with Crippen molar-refractivity contribution < 1.29 is 14.7 Å². The topological polar surface area (TPSA) is 54.4 Å². The third-order valence-corrected chi connectivity index (χ3v) is 7.15. The van der Waals surface area contributed by atoms with Gasteiger partial charge in [0.15, 0.2) is 5.78 Å². The summed E-state index contributed by atoms with van der Waals surface area (Å²) in [5, 5.41) is 9.08. The van der Waals surface area contributed by atoms with Crippen LogP contribution in [0.25, 0.3) is 17.2 Å². The lowest BCUT2D eigenvalue weighted by Gasteiger charge is -2.43. The zero-order valence-corrected chi connectivity index (χ0v) is 20.6. The van der Waals surface area contributed by atoms with Crippen LogP contribution in [-0.4, -0.2) is 16.9 Å². The van der Waals surface area contributed by atoms with Crippen molar-refractivity contribution in [1.82, 2.24) is 0 Å². The van der Waals surface area contributed by atoms with Gasteiger partial charge in [-0.3, -0.25) is 4.79 Å². The fraction of sp³-hybridized carbons (Fsp3) is 0.290. The molecule has 0 saturated carbocycles. The number of hydrogen-bond donors (Lipinski definition) is 1. The van der Waals surface area contributed by atoms with Crippen molar-refractivity contribution in [2.24, 2.45) is 0 Å². The Morgan fingerprint density at radius 3 is 2.06 bits per heavy atom. The minimum Gasteiger partial charge on any atom is -0.478 e. The molecule has 0 bridgehead atoms. The molecule has 174 valence electrons. The van der Waals surface area contributed by atoms with Crippen molar-refractivity contribution in [3.8, 4) is 11.1 Å². The second-order valence-electron chi connectivity index (χ2n) is 10.7. The number of benzene rings is 3. The number of rotatable bonds is 5. The van der Waals surface area contributed by atoms with E-state index < -0.39 is 5.97 Å². The molecule has 0 fully saturated rings. The third kappa shape index (κ3) is 4.61. The standard InChI is InChI=1S/C31H32O3/c1-20-6-11-22(12-7-20)25-18-24(19-26-28(25)31(4,5)17-16-30(26,2)3)27(32)15-10-21-8-13-23(14-9-21)29(33)34/h6-15,18-19H,16-17H2,1-5H3,(H,33,34). The first-order valence-corrected chi connectivity index (χ1v) is 11.8. The lowest BCUT2D eigenvalue weighted by molar-refractivity contribution is 0.0696. The van der Waals surface area contributed by atoms with Crippen LogP contribution in [0, 0.1) is 6.92 Å². The van der Waals surface area contributed by atoms with E-state index in [1.54, 1.807) is 36.4 Å². The van der Waals surface area contributed by atoms with E-state index in [1.807, 2.05) is 6.07 Å². The molecule has 4 rings (SSSR count). The Morgan fingerprint density at radius 2 is 1.44 bits per heavy atom. The van der Waals surface area contributed by atoms with Crippen LogP contribution >= 0.6 is 0 Å². The highest BCUT2D eigenvalue weighted by molar-refractivity contribution is 6.08. The van der Waals surface area contributed by atoms with E-state index in [2.05, 4.69) is 65.0 Å². The molecule has 3 heteroatoms. The number of carbonyl (C=O) groups is 2. The molecule has 3 aromatic carbocycles. The van der Waals surface area contributed by atoms with E-state index in [9.17, 15) is 9.59 Å². The van der Waals surface area contributed by atoms with Gasteiger partial charge in [-0.2, -0.15) is 0 Å². The molecule has 0 saturated heterocycles. The van der Waals surface area contributed by atoms with Crippen molar-refractivity contribution in [3.05, 3.63) is 100 Å². The maximum atomic E-state index is 13.3. The minimum atomic E-state index is -0.963. The molecule has 0 amide bonds. The van der Waals surface area contributed by atoms with Crippen molar-refractivity contribution >= 4 is 17.8 Å². The second-order valence-corrected chi connectivity index (χ2v) is 10.7. The van der Waals surface area contributed by atoms with Crippen LogP contribution < -0.4 is 0 Å². The number of ketones is 1. The number of carbonyl (C=O) groups excluding carboxylic acids is 1. The highest BCUT2D eigenvalue weighted by Crippen LogP contribution is 2.49. The van der Waals surface area contributed by atoms with Gasteiger partial charge in [-0.1, -0.05) is 75.7 Å². The second kappa shape index (κ2) is 8.72. The largest absolute Gasteiger partial charge is 0.478 e. The Kier molecular flexibility index (Phi) is 6.07. The van der Waals surface area contributed by atoms with Crippen LogP contribution in [0.4, 0.5) is 0 Å². The van der Waals surface area contributed by atoms with E-state index in [1.165, 1.54) is 16.7 Å². The summed E-state index contributed by atoms with van der Waals surface area (Å²) < 4.78 is 0. The molecular formula is C31H32O3. The van der Waals surface area contributed by atoms with Crippen molar-refractivity contribution in [2.45, 2.75) is 58.3 Å². The number of allylic oxidation sites excluding steroid dienone is 1. The average Bonchev–Trinajstić information content (AvgIpc) is 2.80. The number of hydrogen-bond acceptors (Lipinski definition) is 2. The highest BCUT2D eigenvalue weighted by Gasteiger charge is 2.39. The monoisotopic (exact) mass is 452 g/mol. The maximum absolute atomic E-state index is 13.3. The molecule has 3 aromatic rings. The molecule has 34 heavy (non-hydrogen) atoms. The zero-order chi connectivity index (χ0) is 24.7. The quantitative estimate of drug-likeness (QED) is 0.320. The molecule has 0 spiro atoms. The van der Waals surface area contributed by atoms with Crippen LogP contribution in [0.3, 0.4) is 0 Å². The molecule has 1 aliphatic carbocycles. The van der Waals surface area contributed by atoms with Crippen LogP contribution in [0.2, 0.25) is 0 Å². The first kappa shape index (κ1) is 23.7. The number of aromatic carboxylic acids is 1. The first-order chi connectivity index (χ1) is 16.0. The highest BCUT2D eigenvalue weighted by atomic mass is 16.4. The van der Waals surface area contributed by atoms with Gasteiger partial charge in [0.2, 0.25) is 0 Å². The molecule has 0 radical (unpaired) electrons. The molecular weight excluding hydrogens is 420 g/mol. The smallest absolute Gasteiger partial charge is 0.335 e. The maximum Gasteiger partial charge on any atom is 0.335 e. The summed E-state index contributed by atoms with van der Waals surface area (Å²) in [6.07, 6.45) is 5.50. The van der Waals surface area contributed by atoms with Crippen molar-refractivity contribution in [1.29, 1.82) is 0 Å². The van der Waals surface area contributed by atoms with Gasteiger partial charge in [0.25, 0.3) is 0 Å². The first-order valence-electron chi connectivity index (χ1n) is 11.8. The predicted octanol–water partition coefficient (Wildman–Crippen LogP) is 7.61. The van der Waals surface area contributed by atoms with E-state index in [0.29, 0.717) is 5.56 Å². The van der Waals surface area contributed by atoms with E-state index in [0.717, 1.165) is 29.5 Å². The Bertz CT molecular complexity index is 1270. The van der Waals surface area contributed by atoms with Gasteiger partial charge in [0, 0.05) is 5.56 Å². The summed E-state index contributed by atoms with van der Waals surface area (Å²) in [7, 11) is 0. The van der Waals surface area contributed by atoms with E-state index >= 15 is 0 Å². The Hall–Kier alpha value is -3.46. The summed E-state index contributed by atoms with van der Waals surface area (Å²) in [5.41, 5.74) is 7.78. The zero-order valence-electron chi connectivity index (χ0n) is 20.6. The van der Waals surface area contributed by atoms with Crippen molar-refractivity contribution in [2.75, 3.05) is 0 Å². The average molecular weight is 453 g/mol. The van der Waals surface area contributed by atoms with E-state index in [4.69, 9.17) is 5.11 Å². The molecule has 1 aliphatic rings. The number of aryl methyl sites for hydroxylation is 1. The van der Waals surface area contributed by atoms with Crippen LogP contribution in [0.1, 0.15) is 83.5 Å². The number of carboxylic acid groups (broad SMARTS) is 1. The van der Waals surface area contributed by atoms with E-state index in [-0.39, 0.29) is 22.2 Å². The SMILES string of the molecule is Cc1ccc(-c2cc(C(=O)C=Cc3ccc(C(=O)O)cc3)cc3c2C(C)(C)CCC3(C)C)cc1. The fourth-order valence-electron chi connectivity index (χ4n) is 4.90. The molecule has 3 nitrogen and oxygen atoms in total. The van der Waals surface area contributed by atoms with Gasteiger partial charge in [-0.05, 0) is 88.8 Å². The van der Waals surface area contributed by atoms with Crippen LogP contribution in [-0.2, 0) is 10.8 Å². The lowest BCUT2D eigenvalue weighted by Crippen LogP contribution is -2.34. The third-order valence-electron chi connectivity index (χ3n) is 7.15. The van der Waals surface area contributed by atoms with Gasteiger partial charge < -0.3 is 5.11 Å². The van der Waals surface area contributed by atoms with Gasteiger partial charge in [0.1, 0.15) is 0 Å². The summed E-state index contributed by atoms with van der Waals surface area (Å²) in [4.78, 5) is 24.4. The Labute approximate surface area is 202 Å². The summed E-state index contributed by atoms with van der Waals surface area (Å²) in [6, 6.07) is 19.2.